The van der Waals surface area contributed by atoms with E-state index < -0.39 is 0 Å². The van der Waals surface area contributed by atoms with Crippen molar-refractivity contribution in [2.75, 3.05) is 17.7 Å². The van der Waals surface area contributed by atoms with Crippen LogP contribution in [-0.2, 0) is 0 Å². The van der Waals surface area contributed by atoms with E-state index in [0.29, 0.717) is 18.6 Å². The highest BCUT2D eigenvalue weighted by Gasteiger charge is 2.25. The Morgan fingerprint density at radius 3 is 2.80 bits per heavy atom. The van der Waals surface area contributed by atoms with Crippen LogP contribution in [0.4, 0.5) is 11.4 Å². The van der Waals surface area contributed by atoms with Crippen LogP contribution in [0.3, 0.4) is 0 Å². The molecule has 3 heteroatoms. The van der Waals surface area contributed by atoms with Crippen molar-refractivity contribution in [2.24, 2.45) is 11.8 Å². The Morgan fingerprint density at radius 2 is 2.10 bits per heavy atom. The monoisotopic (exact) mass is 276 g/mol. The van der Waals surface area contributed by atoms with Gasteiger partial charge in [0.25, 0.3) is 0 Å². The smallest absolute Gasteiger partial charge is 0.144 e. The molecule has 3 atom stereocenters. The maximum atomic E-state index is 6.23. The van der Waals surface area contributed by atoms with Gasteiger partial charge in [-0.1, -0.05) is 26.8 Å². The second-order valence-corrected chi connectivity index (χ2v) is 6.21. The zero-order valence-corrected chi connectivity index (χ0v) is 13.0. The van der Waals surface area contributed by atoms with Gasteiger partial charge in [0, 0.05) is 6.04 Å². The highest BCUT2D eigenvalue weighted by atomic mass is 16.5. The average Bonchev–Trinajstić information content (AvgIpc) is 2.42. The zero-order valence-electron chi connectivity index (χ0n) is 13.0. The van der Waals surface area contributed by atoms with Crippen LogP contribution in [0.5, 0.6) is 5.75 Å². The summed E-state index contributed by atoms with van der Waals surface area (Å²) < 4.78 is 5.69. The number of rotatable bonds is 5. The first kappa shape index (κ1) is 15.0. The minimum Gasteiger partial charge on any atom is -0.491 e. The maximum absolute atomic E-state index is 6.23. The van der Waals surface area contributed by atoms with Crippen LogP contribution in [-0.4, -0.2) is 12.6 Å². The highest BCUT2D eigenvalue weighted by Crippen LogP contribution is 2.34. The van der Waals surface area contributed by atoms with Crippen LogP contribution < -0.4 is 15.8 Å². The van der Waals surface area contributed by atoms with Crippen LogP contribution in [0.2, 0.25) is 0 Å². The molecule has 1 fully saturated rings. The Balaban J connectivity index is 2.05. The van der Waals surface area contributed by atoms with E-state index >= 15 is 0 Å². The molecule has 3 nitrogen and oxygen atoms in total. The third-order valence-corrected chi connectivity index (χ3v) is 4.30. The van der Waals surface area contributed by atoms with E-state index in [9.17, 15) is 0 Å². The molecular formula is C17H28N2O. The van der Waals surface area contributed by atoms with E-state index in [0.717, 1.165) is 29.5 Å². The zero-order chi connectivity index (χ0) is 14.5. The maximum Gasteiger partial charge on any atom is 0.144 e. The Morgan fingerprint density at radius 1 is 1.30 bits per heavy atom. The quantitative estimate of drug-likeness (QED) is 0.788. The van der Waals surface area contributed by atoms with E-state index in [1.807, 2.05) is 12.1 Å². The van der Waals surface area contributed by atoms with E-state index in [1.165, 1.54) is 19.3 Å². The predicted octanol–water partition coefficient (Wildman–Crippen LogP) is 4.29. The number of benzene rings is 1. The molecule has 0 saturated heterocycles. The molecule has 0 bridgehead atoms. The van der Waals surface area contributed by atoms with Crippen LogP contribution in [0.15, 0.2) is 18.2 Å². The molecule has 1 saturated carbocycles. The lowest BCUT2D eigenvalue weighted by Crippen LogP contribution is -2.33. The van der Waals surface area contributed by atoms with Gasteiger partial charge in [0.15, 0.2) is 0 Å². The van der Waals surface area contributed by atoms with Crippen LogP contribution in [0.25, 0.3) is 0 Å². The lowest BCUT2D eigenvalue weighted by molar-refractivity contribution is 0.276. The summed E-state index contributed by atoms with van der Waals surface area (Å²) >= 11 is 0. The summed E-state index contributed by atoms with van der Waals surface area (Å²) in [7, 11) is 0. The molecule has 2 rings (SSSR count). The number of nitrogens with two attached hydrogens (primary N) is 1. The van der Waals surface area contributed by atoms with Crippen molar-refractivity contribution in [1.82, 2.24) is 0 Å². The Kier molecular flexibility index (Phi) is 5.16. The summed E-state index contributed by atoms with van der Waals surface area (Å²) in [5, 5.41) is 3.63. The molecule has 0 heterocycles. The van der Waals surface area contributed by atoms with Gasteiger partial charge in [-0.15, -0.1) is 0 Å². The standard InChI is InChI=1S/C17H28N2O/c1-4-10-20-16-7-5-6-15(17(16)18)19-14-9-8-12(2)11-13(14)3/h5-7,12-14,19H,4,8-11,18H2,1-3H3. The van der Waals surface area contributed by atoms with Crippen molar-refractivity contribution in [3.8, 4) is 5.75 Å². The van der Waals surface area contributed by atoms with Crippen LogP contribution in [0.1, 0.15) is 46.5 Å². The summed E-state index contributed by atoms with van der Waals surface area (Å²) in [5.74, 6) is 2.34. The first-order valence-electron chi connectivity index (χ1n) is 7.89. The van der Waals surface area contributed by atoms with Crippen molar-refractivity contribution in [2.45, 2.75) is 52.5 Å². The number of para-hydroxylation sites is 1. The van der Waals surface area contributed by atoms with Crippen molar-refractivity contribution >= 4 is 11.4 Å². The van der Waals surface area contributed by atoms with Gasteiger partial charge < -0.3 is 15.8 Å². The minimum absolute atomic E-state index is 0.523. The third-order valence-electron chi connectivity index (χ3n) is 4.30. The van der Waals surface area contributed by atoms with Crippen LogP contribution >= 0.6 is 0 Å². The van der Waals surface area contributed by atoms with E-state index in [-0.39, 0.29) is 0 Å². The molecule has 0 aliphatic heterocycles. The minimum atomic E-state index is 0.523. The lowest BCUT2D eigenvalue weighted by atomic mass is 9.80. The molecule has 1 aromatic carbocycles. The van der Waals surface area contributed by atoms with Gasteiger partial charge in [0.2, 0.25) is 0 Å². The van der Waals surface area contributed by atoms with Gasteiger partial charge in [-0.2, -0.15) is 0 Å². The van der Waals surface area contributed by atoms with Gasteiger partial charge in [0.05, 0.1) is 18.0 Å². The van der Waals surface area contributed by atoms with Crippen molar-refractivity contribution < 1.29 is 4.74 Å². The fourth-order valence-corrected chi connectivity index (χ4v) is 3.09. The van der Waals surface area contributed by atoms with Crippen molar-refractivity contribution in [3.05, 3.63) is 18.2 Å². The van der Waals surface area contributed by atoms with Crippen LogP contribution in [0, 0.1) is 11.8 Å². The lowest BCUT2D eigenvalue weighted by Gasteiger charge is -2.34. The normalized spacial score (nSPS) is 26.2. The second kappa shape index (κ2) is 6.87. The van der Waals surface area contributed by atoms with Gasteiger partial charge in [-0.3, -0.25) is 0 Å². The average molecular weight is 276 g/mol. The number of ether oxygens (including phenoxy) is 1. The summed E-state index contributed by atoms with van der Waals surface area (Å²) in [6, 6.07) is 6.54. The second-order valence-electron chi connectivity index (χ2n) is 6.21. The van der Waals surface area contributed by atoms with E-state index in [4.69, 9.17) is 10.5 Å². The fourth-order valence-electron chi connectivity index (χ4n) is 3.09. The van der Waals surface area contributed by atoms with Crippen molar-refractivity contribution in [1.29, 1.82) is 0 Å². The van der Waals surface area contributed by atoms with E-state index in [2.05, 4.69) is 32.2 Å². The molecule has 0 amide bonds. The molecule has 0 spiro atoms. The molecular weight excluding hydrogens is 248 g/mol. The van der Waals surface area contributed by atoms with Gasteiger partial charge in [-0.05, 0) is 49.7 Å². The molecule has 20 heavy (non-hydrogen) atoms. The number of nitrogens with one attached hydrogen (secondary N) is 1. The summed E-state index contributed by atoms with van der Waals surface area (Å²) in [6.45, 7) is 7.50. The molecule has 1 aliphatic carbocycles. The Bertz CT molecular complexity index is 433. The number of hydrogen-bond acceptors (Lipinski definition) is 3. The molecule has 0 aromatic heterocycles. The SMILES string of the molecule is CCCOc1cccc(NC2CCC(C)CC2C)c1N. The van der Waals surface area contributed by atoms with Gasteiger partial charge >= 0.3 is 0 Å². The fraction of sp³-hybridized carbons (Fsp3) is 0.647. The molecule has 1 aromatic rings. The molecule has 112 valence electrons. The van der Waals surface area contributed by atoms with Gasteiger partial charge in [0.1, 0.15) is 5.75 Å². The topological polar surface area (TPSA) is 47.3 Å². The first-order chi connectivity index (χ1) is 9.61. The van der Waals surface area contributed by atoms with Crippen molar-refractivity contribution in [3.63, 3.8) is 0 Å². The summed E-state index contributed by atoms with van der Waals surface area (Å²) in [6.07, 6.45) is 4.81. The largest absolute Gasteiger partial charge is 0.491 e. The molecule has 3 N–H and O–H groups in total. The third kappa shape index (κ3) is 3.59. The summed E-state index contributed by atoms with van der Waals surface area (Å²) in [5.41, 5.74) is 7.99. The molecule has 0 radical (unpaired) electrons. The number of anilines is 2. The highest BCUT2D eigenvalue weighted by molar-refractivity contribution is 5.73. The Hall–Kier alpha value is -1.38. The molecule has 1 aliphatic rings. The van der Waals surface area contributed by atoms with E-state index in [1.54, 1.807) is 0 Å². The number of nitrogen functional groups attached to an aromatic ring is 1. The Labute approximate surface area is 122 Å². The number of hydrogen-bond donors (Lipinski definition) is 2. The predicted molar refractivity (Wildman–Crippen MR) is 86.2 cm³/mol. The first-order valence-corrected chi connectivity index (χ1v) is 7.89. The van der Waals surface area contributed by atoms with Gasteiger partial charge in [-0.25, -0.2) is 0 Å². The molecule has 3 unspecified atom stereocenters. The summed E-state index contributed by atoms with van der Waals surface area (Å²) in [4.78, 5) is 0.